The number of hydrogen-bond acceptors (Lipinski definition) is 2. The van der Waals surface area contributed by atoms with Crippen molar-refractivity contribution >= 4 is 0 Å². The lowest BCUT2D eigenvalue weighted by Gasteiger charge is -2.05. The maximum absolute atomic E-state index is 4.18. The highest BCUT2D eigenvalue weighted by atomic mass is 15.1. The number of imidazole rings is 2. The predicted molar refractivity (Wildman–Crippen MR) is 53.8 cm³/mol. The SMILES string of the molecule is Cc1nccn1CCCn1ccnc1. The minimum absolute atomic E-state index is 1.01. The molecule has 0 aliphatic carbocycles. The van der Waals surface area contributed by atoms with Crippen molar-refractivity contribution in [3.8, 4) is 0 Å². The summed E-state index contributed by atoms with van der Waals surface area (Å²) in [6, 6.07) is 0. The molecule has 0 aromatic carbocycles. The average Bonchev–Trinajstić information content (AvgIpc) is 2.78. The van der Waals surface area contributed by atoms with Gasteiger partial charge in [0.15, 0.2) is 0 Å². The normalized spacial score (nSPS) is 10.6. The Labute approximate surface area is 83.2 Å². The summed E-state index contributed by atoms with van der Waals surface area (Å²) in [7, 11) is 0. The molecular weight excluding hydrogens is 176 g/mol. The Balaban J connectivity index is 1.81. The van der Waals surface area contributed by atoms with Crippen molar-refractivity contribution in [1.82, 2.24) is 19.1 Å². The molecule has 0 atom stereocenters. The molecule has 0 saturated heterocycles. The second kappa shape index (κ2) is 4.09. The zero-order valence-corrected chi connectivity index (χ0v) is 8.30. The van der Waals surface area contributed by atoms with Gasteiger partial charge in [-0.3, -0.25) is 0 Å². The lowest BCUT2D eigenvalue weighted by atomic mass is 10.4. The van der Waals surface area contributed by atoms with Crippen molar-refractivity contribution in [3.63, 3.8) is 0 Å². The second-order valence-electron chi connectivity index (χ2n) is 3.32. The predicted octanol–water partition coefficient (Wildman–Crippen LogP) is 1.48. The fourth-order valence-corrected chi connectivity index (χ4v) is 1.48. The van der Waals surface area contributed by atoms with Crippen molar-refractivity contribution in [2.24, 2.45) is 0 Å². The van der Waals surface area contributed by atoms with Crippen LogP contribution >= 0.6 is 0 Å². The number of hydrogen-bond donors (Lipinski definition) is 0. The lowest BCUT2D eigenvalue weighted by molar-refractivity contribution is 0.555. The molecule has 4 heteroatoms. The van der Waals surface area contributed by atoms with Gasteiger partial charge in [0.2, 0.25) is 0 Å². The highest BCUT2D eigenvalue weighted by Gasteiger charge is 1.96. The number of aryl methyl sites for hydroxylation is 3. The van der Waals surface area contributed by atoms with Crippen LogP contribution in [0.3, 0.4) is 0 Å². The molecule has 2 aromatic rings. The van der Waals surface area contributed by atoms with Crippen LogP contribution in [-0.2, 0) is 13.1 Å². The summed E-state index contributed by atoms with van der Waals surface area (Å²) in [5.74, 6) is 1.08. The zero-order chi connectivity index (χ0) is 9.80. The summed E-state index contributed by atoms with van der Waals surface area (Å²) in [5, 5.41) is 0. The molecule has 74 valence electrons. The van der Waals surface area contributed by atoms with Gasteiger partial charge in [-0.2, -0.15) is 0 Å². The lowest BCUT2D eigenvalue weighted by Crippen LogP contribution is -2.03. The maximum atomic E-state index is 4.18. The topological polar surface area (TPSA) is 35.6 Å². The third-order valence-electron chi connectivity index (χ3n) is 2.30. The summed E-state index contributed by atoms with van der Waals surface area (Å²) in [6.07, 6.45) is 10.6. The van der Waals surface area contributed by atoms with Crippen LogP contribution in [-0.4, -0.2) is 19.1 Å². The molecule has 2 heterocycles. The molecule has 0 N–H and O–H groups in total. The highest BCUT2D eigenvalue weighted by Crippen LogP contribution is 1.99. The molecule has 0 fully saturated rings. The van der Waals surface area contributed by atoms with Gasteiger partial charge >= 0.3 is 0 Å². The molecule has 0 saturated carbocycles. The van der Waals surface area contributed by atoms with Gasteiger partial charge in [0.1, 0.15) is 5.82 Å². The van der Waals surface area contributed by atoms with Gasteiger partial charge < -0.3 is 9.13 Å². The van der Waals surface area contributed by atoms with Gasteiger partial charge in [-0.05, 0) is 13.3 Å². The van der Waals surface area contributed by atoms with Crippen LogP contribution in [0.1, 0.15) is 12.2 Å². The van der Waals surface area contributed by atoms with Crippen LogP contribution in [0.25, 0.3) is 0 Å². The Morgan fingerprint density at radius 1 is 1.21 bits per heavy atom. The third kappa shape index (κ3) is 2.02. The van der Waals surface area contributed by atoms with Gasteiger partial charge in [0.25, 0.3) is 0 Å². The van der Waals surface area contributed by atoms with Crippen LogP contribution < -0.4 is 0 Å². The Bertz CT molecular complexity index is 374. The molecule has 0 amide bonds. The van der Waals surface area contributed by atoms with Gasteiger partial charge in [-0.1, -0.05) is 0 Å². The van der Waals surface area contributed by atoms with Crippen molar-refractivity contribution in [2.45, 2.75) is 26.4 Å². The molecule has 2 rings (SSSR count). The first-order chi connectivity index (χ1) is 6.86. The average molecular weight is 190 g/mol. The van der Waals surface area contributed by atoms with E-state index in [9.17, 15) is 0 Å². The minimum Gasteiger partial charge on any atom is -0.337 e. The van der Waals surface area contributed by atoms with Gasteiger partial charge in [-0.25, -0.2) is 9.97 Å². The van der Waals surface area contributed by atoms with Gasteiger partial charge in [-0.15, -0.1) is 0 Å². The first-order valence-corrected chi connectivity index (χ1v) is 4.80. The molecule has 2 aromatic heterocycles. The molecule has 0 radical (unpaired) electrons. The van der Waals surface area contributed by atoms with Crippen molar-refractivity contribution in [2.75, 3.05) is 0 Å². The Hall–Kier alpha value is -1.58. The van der Waals surface area contributed by atoms with Crippen molar-refractivity contribution in [1.29, 1.82) is 0 Å². The standard InChI is InChI=1S/C10H14N4/c1-10-12-4-8-14(10)6-2-5-13-7-3-11-9-13/h3-4,7-9H,2,5-6H2,1H3. The Kier molecular flexibility index (Phi) is 2.62. The molecule has 0 aliphatic rings. The van der Waals surface area contributed by atoms with Crippen LogP contribution in [0.5, 0.6) is 0 Å². The summed E-state index contributed by atoms with van der Waals surface area (Å²) in [5.41, 5.74) is 0. The van der Waals surface area contributed by atoms with Crippen LogP contribution in [0, 0.1) is 6.92 Å². The van der Waals surface area contributed by atoms with E-state index in [0.717, 1.165) is 25.3 Å². The van der Waals surface area contributed by atoms with Crippen LogP contribution in [0.15, 0.2) is 31.1 Å². The number of aromatic nitrogens is 4. The Morgan fingerprint density at radius 2 is 2.14 bits per heavy atom. The second-order valence-corrected chi connectivity index (χ2v) is 3.32. The zero-order valence-electron chi connectivity index (χ0n) is 8.30. The molecule has 14 heavy (non-hydrogen) atoms. The van der Waals surface area contributed by atoms with E-state index in [4.69, 9.17) is 0 Å². The summed E-state index contributed by atoms with van der Waals surface area (Å²) in [4.78, 5) is 8.18. The van der Waals surface area contributed by atoms with Crippen LogP contribution in [0.2, 0.25) is 0 Å². The monoisotopic (exact) mass is 190 g/mol. The van der Waals surface area contributed by atoms with E-state index in [1.54, 1.807) is 0 Å². The maximum Gasteiger partial charge on any atom is 0.105 e. The van der Waals surface area contributed by atoms with Gasteiger partial charge in [0.05, 0.1) is 6.33 Å². The van der Waals surface area contributed by atoms with E-state index in [0.29, 0.717) is 0 Å². The first-order valence-electron chi connectivity index (χ1n) is 4.80. The molecule has 4 nitrogen and oxygen atoms in total. The van der Waals surface area contributed by atoms with Crippen molar-refractivity contribution in [3.05, 3.63) is 36.9 Å². The van der Waals surface area contributed by atoms with Crippen molar-refractivity contribution < 1.29 is 0 Å². The van der Waals surface area contributed by atoms with E-state index < -0.39 is 0 Å². The molecule has 0 spiro atoms. The quantitative estimate of drug-likeness (QED) is 0.732. The summed E-state index contributed by atoms with van der Waals surface area (Å²) >= 11 is 0. The van der Waals surface area contributed by atoms with Crippen LogP contribution in [0.4, 0.5) is 0 Å². The number of rotatable bonds is 4. The highest BCUT2D eigenvalue weighted by molar-refractivity contribution is 4.88. The summed E-state index contributed by atoms with van der Waals surface area (Å²) < 4.78 is 4.25. The number of nitrogens with zero attached hydrogens (tertiary/aromatic N) is 4. The largest absolute Gasteiger partial charge is 0.337 e. The van der Waals surface area contributed by atoms with E-state index in [2.05, 4.69) is 19.1 Å². The van der Waals surface area contributed by atoms with Gasteiger partial charge in [0, 0.05) is 37.9 Å². The fraction of sp³-hybridized carbons (Fsp3) is 0.400. The molecule has 0 bridgehead atoms. The Morgan fingerprint density at radius 3 is 2.79 bits per heavy atom. The van der Waals surface area contributed by atoms with E-state index in [1.807, 2.05) is 38.0 Å². The van der Waals surface area contributed by atoms with E-state index >= 15 is 0 Å². The minimum atomic E-state index is 1.01. The third-order valence-corrected chi connectivity index (χ3v) is 2.30. The molecule has 0 aliphatic heterocycles. The van der Waals surface area contributed by atoms with E-state index in [-0.39, 0.29) is 0 Å². The molecular formula is C10H14N4. The summed E-state index contributed by atoms with van der Waals surface area (Å²) in [6.45, 7) is 4.05. The fourth-order valence-electron chi connectivity index (χ4n) is 1.48. The smallest absolute Gasteiger partial charge is 0.105 e. The first kappa shape index (κ1) is 8.99. The van der Waals surface area contributed by atoms with E-state index in [1.165, 1.54) is 0 Å². The molecule has 0 unspecified atom stereocenters.